The Labute approximate surface area is 179 Å². The van der Waals surface area contributed by atoms with Gasteiger partial charge in [0, 0.05) is 30.2 Å². The smallest absolute Gasteiger partial charge is 0.266 e. The van der Waals surface area contributed by atoms with E-state index in [1.54, 1.807) is 35.5 Å². The van der Waals surface area contributed by atoms with Crippen LogP contribution in [0.25, 0.3) is 0 Å². The van der Waals surface area contributed by atoms with Gasteiger partial charge in [0.15, 0.2) is 6.10 Å². The number of benzene rings is 1. The first-order valence-electron chi connectivity index (χ1n) is 10.2. The van der Waals surface area contributed by atoms with Crippen LogP contribution in [0.2, 0.25) is 0 Å². The third kappa shape index (κ3) is 4.96. The summed E-state index contributed by atoms with van der Waals surface area (Å²) < 4.78 is 12.9. The molecule has 0 saturated carbocycles. The van der Waals surface area contributed by atoms with Gasteiger partial charge in [-0.15, -0.1) is 0 Å². The predicted molar refractivity (Wildman–Crippen MR) is 114 cm³/mol. The van der Waals surface area contributed by atoms with Gasteiger partial charge in [-0.05, 0) is 31.9 Å². The first kappa shape index (κ1) is 20.7. The summed E-state index contributed by atoms with van der Waals surface area (Å²) in [7, 11) is 0. The second-order valence-corrected chi connectivity index (χ2v) is 8.41. The number of nitrogens with zero attached hydrogens (tertiary/aromatic N) is 2. The summed E-state index contributed by atoms with van der Waals surface area (Å²) in [5.74, 6) is 2.32. The highest BCUT2D eigenvalue weighted by Crippen LogP contribution is 2.34. The van der Waals surface area contributed by atoms with E-state index in [1.165, 1.54) is 0 Å². The zero-order valence-corrected chi connectivity index (χ0v) is 17.7. The molecule has 2 N–H and O–H groups in total. The number of amides is 2. The fourth-order valence-electron chi connectivity index (χ4n) is 3.52. The molecule has 2 atom stereocenters. The fraction of sp³-hybridized carbons (Fsp3) is 0.476. The summed E-state index contributed by atoms with van der Waals surface area (Å²) >= 11 is 1.74. The Morgan fingerprint density at radius 2 is 2.17 bits per heavy atom. The number of fused-ring (bicyclic) bond motifs is 1. The maximum atomic E-state index is 12.8. The molecule has 1 aromatic carbocycles. The van der Waals surface area contributed by atoms with Gasteiger partial charge in [-0.2, -0.15) is 16.9 Å². The highest BCUT2D eigenvalue weighted by molar-refractivity contribution is 7.98. The number of hydrogen-bond acceptors (Lipinski definition) is 6. The second kappa shape index (κ2) is 9.53. The summed E-state index contributed by atoms with van der Waals surface area (Å²) in [4.78, 5) is 25.2. The molecule has 2 aliphatic rings. The van der Waals surface area contributed by atoms with Gasteiger partial charge in [-0.25, -0.2) is 4.68 Å². The zero-order chi connectivity index (χ0) is 20.9. The number of nitrogens with one attached hydrogen (secondary N) is 2. The monoisotopic (exact) mass is 430 g/mol. The van der Waals surface area contributed by atoms with Crippen molar-refractivity contribution in [3.05, 3.63) is 41.6 Å². The summed E-state index contributed by atoms with van der Waals surface area (Å²) in [5, 5.41) is 10.4. The van der Waals surface area contributed by atoms with Crippen molar-refractivity contribution in [2.24, 2.45) is 0 Å². The molecule has 30 heavy (non-hydrogen) atoms. The number of carbonyl (C=O) groups excluding carboxylic acids is 2. The van der Waals surface area contributed by atoms with Crippen molar-refractivity contribution in [2.45, 2.75) is 50.0 Å². The van der Waals surface area contributed by atoms with E-state index in [4.69, 9.17) is 9.47 Å². The van der Waals surface area contributed by atoms with Crippen LogP contribution in [0.15, 0.2) is 30.3 Å². The number of hydrogen-bond donors (Lipinski definition) is 2. The highest BCUT2D eigenvalue weighted by atomic mass is 32.2. The Morgan fingerprint density at radius 3 is 2.93 bits per heavy atom. The molecule has 8 nitrogen and oxygen atoms in total. The Bertz CT molecular complexity index is 896. The molecular formula is C21H26N4O4S. The Morgan fingerprint density at radius 1 is 1.33 bits per heavy atom. The number of ether oxygens (including phenoxy) is 2. The average molecular weight is 431 g/mol. The SMILES string of the molecule is CC(Oc1ccccc1)C(=O)Nc1c2c(nn1CC(=O)NCC1CCCO1)CSC2. The number of aromatic nitrogens is 2. The van der Waals surface area contributed by atoms with Crippen LogP contribution in [-0.2, 0) is 32.4 Å². The number of para-hydroxylation sites is 1. The first-order valence-corrected chi connectivity index (χ1v) is 11.3. The molecule has 0 spiro atoms. The van der Waals surface area contributed by atoms with Crippen LogP contribution in [0.5, 0.6) is 5.75 Å². The molecule has 160 valence electrons. The highest BCUT2D eigenvalue weighted by Gasteiger charge is 2.27. The number of thioether (sulfide) groups is 1. The molecule has 0 bridgehead atoms. The van der Waals surface area contributed by atoms with E-state index in [1.807, 2.05) is 18.2 Å². The van der Waals surface area contributed by atoms with Crippen LogP contribution in [0, 0.1) is 0 Å². The van der Waals surface area contributed by atoms with Crippen molar-refractivity contribution in [3.8, 4) is 5.75 Å². The van der Waals surface area contributed by atoms with Crippen molar-refractivity contribution in [3.63, 3.8) is 0 Å². The van der Waals surface area contributed by atoms with Crippen molar-refractivity contribution in [1.82, 2.24) is 15.1 Å². The van der Waals surface area contributed by atoms with E-state index >= 15 is 0 Å². The molecule has 2 aromatic rings. The molecule has 1 aromatic heterocycles. The zero-order valence-electron chi connectivity index (χ0n) is 16.9. The summed E-state index contributed by atoms with van der Waals surface area (Å²) in [6, 6.07) is 9.21. The van der Waals surface area contributed by atoms with Crippen LogP contribution >= 0.6 is 11.8 Å². The minimum Gasteiger partial charge on any atom is -0.481 e. The molecule has 2 aliphatic heterocycles. The third-order valence-electron chi connectivity index (χ3n) is 5.13. The van der Waals surface area contributed by atoms with E-state index in [0.29, 0.717) is 18.1 Å². The predicted octanol–water partition coefficient (Wildman–Crippen LogP) is 2.33. The minimum absolute atomic E-state index is 0.0495. The lowest BCUT2D eigenvalue weighted by Gasteiger charge is -2.16. The topological polar surface area (TPSA) is 94.5 Å². The maximum Gasteiger partial charge on any atom is 0.266 e. The Hall–Kier alpha value is -2.52. The van der Waals surface area contributed by atoms with E-state index in [9.17, 15) is 9.59 Å². The Kier molecular flexibility index (Phi) is 6.59. The lowest BCUT2D eigenvalue weighted by Crippen LogP contribution is -2.35. The number of anilines is 1. The van der Waals surface area contributed by atoms with Crippen LogP contribution in [0.4, 0.5) is 5.82 Å². The Balaban J connectivity index is 1.40. The van der Waals surface area contributed by atoms with Crippen molar-refractivity contribution >= 4 is 29.4 Å². The lowest BCUT2D eigenvalue weighted by atomic mass is 10.2. The standard InChI is InChI=1S/C21H26N4O4S/c1-14(29-15-6-3-2-4-7-15)21(27)23-20-17-12-30-13-18(17)24-25(20)11-19(26)22-10-16-8-5-9-28-16/h2-4,6-7,14,16H,5,8-13H2,1H3,(H,22,26)(H,23,27). The van der Waals surface area contributed by atoms with Gasteiger partial charge in [-0.1, -0.05) is 18.2 Å². The minimum atomic E-state index is -0.686. The first-order chi connectivity index (χ1) is 14.6. The molecule has 1 saturated heterocycles. The van der Waals surface area contributed by atoms with E-state index in [2.05, 4.69) is 15.7 Å². The van der Waals surface area contributed by atoms with Gasteiger partial charge in [0.2, 0.25) is 5.91 Å². The van der Waals surface area contributed by atoms with Crippen LogP contribution in [0.3, 0.4) is 0 Å². The molecule has 0 aliphatic carbocycles. The van der Waals surface area contributed by atoms with Crippen molar-refractivity contribution in [1.29, 1.82) is 0 Å². The average Bonchev–Trinajstić information content (AvgIpc) is 3.47. The van der Waals surface area contributed by atoms with E-state index in [-0.39, 0.29) is 24.5 Å². The number of rotatable bonds is 8. The second-order valence-electron chi connectivity index (χ2n) is 7.43. The summed E-state index contributed by atoms with van der Waals surface area (Å²) in [6.45, 7) is 3.00. The van der Waals surface area contributed by atoms with Gasteiger partial charge in [-0.3, -0.25) is 9.59 Å². The maximum absolute atomic E-state index is 12.8. The van der Waals surface area contributed by atoms with Gasteiger partial charge < -0.3 is 20.1 Å². The fourth-order valence-corrected chi connectivity index (χ4v) is 4.56. The summed E-state index contributed by atoms with van der Waals surface area (Å²) in [5.41, 5.74) is 1.89. The molecule has 4 rings (SSSR count). The van der Waals surface area contributed by atoms with Crippen LogP contribution < -0.4 is 15.4 Å². The molecule has 3 heterocycles. The molecular weight excluding hydrogens is 404 g/mol. The van der Waals surface area contributed by atoms with Crippen LogP contribution in [0.1, 0.15) is 31.0 Å². The lowest BCUT2D eigenvalue weighted by molar-refractivity contribution is -0.123. The third-order valence-corrected chi connectivity index (χ3v) is 6.10. The van der Waals surface area contributed by atoms with E-state index in [0.717, 1.165) is 42.2 Å². The van der Waals surface area contributed by atoms with Gasteiger partial charge in [0.25, 0.3) is 5.91 Å². The molecule has 2 unspecified atom stereocenters. The van der Waals surface area contributed by atoms with Crippen molar-refractivity contribution < 1.29 is 19.1 Å². The molecule has 0 radical (unpaired) electrons. The molecule has 2 amide bonds. The summed E-state index contributed by atoms with van der Waals surface area (Å²) in [6.07, 6.45) is 1.40. The van der Waals surface area contributed by atoms with Gasteiger partial charge in [0.05, 0.1) is 11.8 Å². The quantitative estimate of drug-likeness (QED) is 0.668. The number of carbonyl (C=O) groups is 2. The largest absolute Gasteiger partial charge is 0.481 e. The molecule has 9 heteroatoms. The van der Waals surface area contributed by atoms with Crippen molar-refractivity contribution in [2.75, 3.05) is 18.5 Å². The normalized spacial score (nSPS) is 18.6. The van der Waals surface area contributed by atoms with E-state index < -0.39 is 6.10 Å². The van der Waals surface area contributed by atoms with Crippen LogP contribution in [-0.4, -0.2) is 47.0 Å². The van der Waals surface area contributed by atoms with Gasteiger partial charge >= 0.3 is 0 Å². The van der Waals surface area contributed by atoms with Gasteiger partial charge in [0.1, 0.15) is 18.1 Å². The molecule has 1 fully saturated rings.